The zero-order valence-electron chi connectivity index (χ0n) is 10.0. The van der Waals surface area contributed by atoms with Crippen LogP contribution in [-0.4, -0.2) is 42.6 Å². The standard InChI is InChI=1S/C11H20N2O2.BrH/c1-3-4-5-8-15-11(14)9-13-7-6-12(2)10-13;/h6-7H,3-5,8-10H2,1-2H3;1H. The number of carbonyl (C=O) groups is 1. The maximum Gasteiger partial charge on any atom is 0.325 e. The first-order valence-electron chi connectivity index (χ1n) is 5.50. The molecule has 94 valence electrons. The van der Waals surface area contributed by atoms with Crippen LogP contribution < -0.4 is 0 Å². The first-order chi connectivity index (χ1) is 7.22. The van der Waals surface area contributed by atoms with E-state index in [0.29, 0.717) is 13.2 Å². The van der Waals surface area contributed by atoms with Gasteiger partial charge in [-0.25, -0.2) is 0 Å². The number of halogens is 1. The summed E-state index contributed by atoms with van der Waals surface area (Å²) in [6.45, 7) is 3.81. The Kier molecular flexibility index (Phi) is 8.07. The molecule has 5 heteroatoms. The molecule has 0 N–H and O–H groups in total. The Bertz CT molecular complexity index is 234. The van der Waals surface area contributed by atoms with E-state index in [9.17, 15) is 4.79 Å². The number of carbonyl (C=O) groups excluding carboxylic acids is 1. The molecule has 0 radical (unpaired) electrons. The highest BCUT2D eigenvalue weighted by Gasteiger charge is 2.12. The number of rotatable bonds is 6. The molecule has 0 bridgehead atoms. The summed E-state index contributed by atoms with van der Waals surface area (Å²) in [5.74, 6) is -0.133. The summed E-state index contributed by atoms with van der Waals surface area (Å²) in [4.78, 5) is 15.3. The summed E-state index contributed by atoms with van der Waals surface area (Å²) in [5, 5.41) is 0. The molecule has 0 fully saturated rings. The fraction of sp³-hybridized carbons (Fsp3) is 0.727. The van der Waals surface area contributed by atoms with Gasteiger partial charge in [0.1, 0.15) is 6.54 Å². The number of hydrogen-bond acceptors (Lipinski definition) is 4. The zero-order valence-corrected chi connectivity index (χ0v) is 11.7. The monoisotopic (exact) mass is 292 g/mol. The molecular formula is C11H21BrN2O2. The second kappa shape index (κ2) is 8.44. The van der Waals surface area contributed by atoms with Crippen LogP contribution >= 0.6 is 17.0 Å². The van der Waals surface area contributed by atoms with Crippen LogP contribution in [-0.2, 0) is 9.53 Å². The predicted octanol–water partition coefficient (Wildman–Crippen LogP) is 1.97. The molecule has 1 aliphatic heterocycles. The van der Waals surface area contributed by atoms with Gasteiger partial charge in [0.15, 0.2) is 0 Å². The van der Waals surface area contributed by atoms with Crippen LogP contribution in [0.3, 0.4) is 0 Å². The van der Waals surface area contributed by atoms with E-state index in [4.69, 9.17) is 4.74 Å². The average molecular weight is 293 g/mol. The molecule has 0 atom stereocenters. The number of esters is 1. The Balaban J connectivity index is 0.00000225. The third-order valence-electron chi connectivity index (χ3n) is 2.28. The first-order valence-corrected chi connectivity index (χ1v) is 5.50. The van der Waals surface area contributed by atoms with Gasteiger partial charge in [0.05, 0.1) is 13.3 Å². The number of hydrogen-bond donors (Lipinski definition) is 0. The van der Waals surface area contributed by atoms with Crippen molar-refractivity contribution in [3.63, 3.8) is 0 Å². The maximum absolute atomic E-state index is 11.4. The lowest BCUT2D eigenvalue weighted by molar-refractivity contribution is -0.144. The highest BCUT2D eigenvalue weighted by Crippen LogP contribution is 2.03. The first kappa shape index (κ1) is 15.3. The number of ether oxygens (including phenoxy) is 1. The Morgan fingerprint density at radius 3 is 2.69 bits per heavy atom. The minimum atomic E-state index is -0.133. The highest BCUT2D eigenvalue weighted by atomic mass is 79.9. The third kappa shape index (κ3) is 6.00. The fourth-order valence-corrected chi connectivity index (χ4v) is 1.44. The van der Waals surface area contributed by atoms with Gasteiger partial charge in [-0.15, -0.1) is 17.0 Å². The van der Waals surface area contributed by atoms with Crippen molar-refractivity contribution in [1.29, 1.82) is 0 Å². The van der Waals surface area contributed by atoms with Gasteiger partial charge < -0.3 is 14.5 Å². The van der Waals surface area contributed by atoms with E-state index in [-0.39, 0.29) is 23.0 Å². The molecule has 0 unspecified atom stereocenters. The van der Waals surface area contributed by atoms with Crippen LogP contribution in [0, 0.1) is 0 Å². The second-order valence-electron chi connectivity index (χ2n) is 3.87. The van der Waals surface area contributed by atoms with Crippen molar-refractivity contribution in [3.05, 3.63) is 12.4 Å². The van der Waals surface area contributed by atoms with Crippen LogP contribution in [0.1, 0.15) is 26.2 Å². The van der Waals surface area contributed by atoms with E-state index >= 15 is 0 Å². The molecule has 4 nitrogen and oxygen atoms in total. The molecule has 0 spiro atoms. The average Bonchev–Trinajstić information content (AvgIpc) is 2.59. The van der Waals surface area contributed by atoms with Crippen LogP contribution in [0.5, 0.6) is 0 Å². The molecule has 0 saturated carbocycles. The van der Waals surface area contributed by atoms with Crippen molar-refractivity contribution in [3.8, 4) is 0 Å². The van der Waals surface area contributed by atoms with Crippen LogP contribution in [0.4, 0.5) is 0 Å². The Morgan fingerprint density at radius 2 is 2.12 bits per heavy atom. The summed E-state index contributed by atoms with van der Waals surface area (Å²) in [6, 6.07) is 0. The Morgan fingerprint density at radius 1 is 1.38 bits per heavy atom. The number of unbranched alkanes of at least 4 members (excludes halogenated alkanes) is 2. The molecule has 1 rings (SSSR count). The topological polar surface area (TPSA) is 32.8 Å². The molecule has 0 saturated heterocycles. The highest BCUT2D eigenvalue weighted by molar-refractivity contribution is 8.93. The van der Waals surface area contributed by atoms with E-state index in [2.05, 4.69) is 6.92 Å². The van der Waals surface area contributed by atoms with Crippen LogP contribution in [0.2, 0.25) is 0 Å². The molecule has 0 aliphatic carbocycles. The van der Waals surface area contributed by atoms with Crippen LogP contribution in [0.15, 0.2) is 12.4 Å². The summed E-state index contributed by atoms with van der Waals surface area (Å²) in [6.07, 6.45) is 7.10. The van der Waals surface area contributed by atoms with Gasteiger partial charge in [0.25, 0.3) is 0 Å². The van der Waals surface area contributed by atoms with E-state index in [1.165, 1.54) is 0 Å². The molecular weight excluding hydrogens is 272 g/mol. The summed E-state index contributed by atoms with van der Waals surface area (Å²) >= 11 is 0. The quantitative estimate of drug-likeness (QED) is 0.554. The number of nitrogens with zero attached hydrogens (tertiary/aromatic N) is 2. The van der Waals surface area contributed by atoms with Gasteiger partial charge in [-0.05, 0) is 6.42 Å². The summed E-state index contributed by atoms with van der Waals surface area (Å²) < 4.78 is 5.11. The van der Waals surface area contributed by atoms with E-state index < -0.39 is 0 Å². The van der Waals surface area contributed by atoms with Crippen molar-refractivity contribution in [2.75, 3.05) is 26.9 Å². The second-order valence-corrected chi connectivity index (χ2v) is 3.87. The van der Waals surface area contributed by atoms with E-state index in [0.717, 1.165) is 25.9 Å². The van der Waals surface area contributed by atoms with Crippen LogP contribution in [0.25, 0.3) is 0 Å². The molecule has 1 heterocycles. The largest absolute Gasteiger partial charge is 0.464 e. The smallest absolute Gasteiger partial charge is 0.325 e. The summed E-state index contributed by atoms with van der Waals surface area (Å²) in [7, 11) is 1.98. The molecule has 0 amide bonds. The predicted molar refractivity (Wildman–Crippen MR) is 69.3 cm³/mol. The van der Waals surface area contributed by atoms with Gasteiger partial charge in [0.2, 0.25) is 0 Å². The SMILES string of the molecule is Br.CCCCCOC(=O)CN1C=CN(C)C1. The van der Waals surface area contributed by atoms with Gasteiger partial charge in [-0.1, -0.05) is 19.8 Å². The van der Waals surface area contributed by atoms with Crippen molar-refractivity contribution in [2.45, 2.75) is 26.2 Å². The lowest BCUT2D eigenvalue weighted by Crippen LogP contribution is -2.29. The summed E-state index contributed by atoms with van der Waals surface area (Å²) in [5.41, 5.74) is 0. The van der Waals surface area contributed by atoms with Crippen molar-refractivity contribution < 1.29 is 9.53 Å². The van der Waals surface area contributed by atoms with Gasteiger partial charge >= 0.3 is 5.97 Å². The van der Waals surface area contributed by atoms with E-state index in [1.54, 1.807) is 0 Å². The zero-order chi connectivity index (χ0) is 11.1. The Hall–Kier alpha value is -0.710. The molecule has 1 aliphatic rings. The van der Waals surface area contributed by atoms with E-state index in [1.807, 2.05) is 29.2 Å². The molecule has 0 aromatic carbocycles. The molecule has 0 aromatic heterocycles. The van der Waals surface area contributed by atoms with Crippen molar-refractivity contribution in [2.24, 2.45) is 0 Å². The lowest BCUT2D eigenvalue weighted by Gasteiger charge is -2.16. The third-order valence-corrected chi connectivity index (χ3v) is 2.28. The fourth-order valence-electron chi connectivity index (χ4n) is 1.44. The van der Waals surface area contributed by atoms with Crippen molar-refractivity contribution >= 4 is 23.0 Å². The van der Waals surface area contributed by atoms with Gasteiger partial charge in [-0.2, -0.15) is 0 Å². The molecule has 16 heavy (non-hydrogen) atoms. The minimum absolute atomic E-state index is 0. The minimum Gasteiger partial charge on any atom is -0.464 e. The van der Waals surface area contributed by atoms with Gasteiger partial charge in [0, 0.05) is 19.4 Å². The van der Waals surface area contributed by atoms with Gasteiger partial charge in [-0.3, -0.25) is 4.79 Å². The maximum atomic E-state index is 11.4. The normalized spacial score (nSPS) is 13.9. The Labute approximate surface area is 108 Å². The molecule has 0 aromatic rings. The van der Waals surface area contributed by atoms with Crippen molar-refractivity contribution in [1.82, 2.24) is 9.80 Å². The lowest BCUT2D eigenvalue weighted by atomic mass is 10.3.